The Kier molecular flexibility index (Phi) is 15.5. The molecule has 3 aliphatic rings. The van der Waals surface area contributed by atoms with Gasteiger partial charge in [-0.2, -0.15) is 26.3 Å². The number of rotatable bonds is 0. The number of hydrogen-bond acceptors (Lipinski definition) is 9. The number of halogens is 8. The first kappa shape index (κ1) is 37.7. The molecule has 11 nitrogen and oxygen atoms in total. The molecular formula is C24H26Br2F6N6O5. The summed E-state index contributed by atoms with van der Waals surface area (Å²) in [5, 5.41) is 2.14. The van der Waals surface area contributed by atoms with Crippen molar-refractivity contribution in [3.8, 4) is 0 Å². The number of imide groups is 2. The van der Waals surface area contributed by atoms with Crippen molar-refractivity contribution in [2.75, 3.05) is 24.7 Å². The third-order valence-electron chi connectivity index (χ3n) is 4.97. The predicted molar refractivity (Wildman–Crippen MR) is 147 cm³/mol. The summed E-state index contributed by atoms with van der Waals surface area (Å²) in [7, 11) is 0. The van der Waals surface area contributed by atoms with Gasteiger partial charge in [0.15, 0.2) is 0 Å². The van der Waals surface area contributed by atoms with E-state index in [9.17, 15) is 45.5 Å². The van der Waals surface area contributed by atoms with Crippen molar-refractivity contribution in [2.24, 2.45) is 0 Å². The summed E-state index contributed by atoms with van der Waals surface area (Å²) in [6, 6.07) is 2.44. The molecule has 238 valence electrons. The molecule has 0 unspecified atom stereocenters. The molecule has 0 aromatic carbocycles. The Hall–Kier alpha value is -3.32. The molecule has 3 aliphatic heterocycles. The number of nitrogen functional groups attached to an aromatic ring is 2. The zero-order valence-corrected chi connectivity index (χ0v) is 25.3. The summed E-state index contributed by atoms with van der Waals surface area (Å²) in [6.45, 7) is 2.00. The molecule has 3 fully saturated rings. The summed E-state index contributed by atoms with van der Waals surface area (Å²) < 4.78 is 77.8. The van der Waals surface area contributed by atoms with E-state index in [4.69, 9.17) is 16.2 Å². The van der Waals surface area contributed by atoms with E-state index < -0.39 is 23.5 Å². The number of nitrogens with one attached hydrogen (secondary N) is 1. The van der Waals surface area contributed by atoms with Crippen LogP contribution < -0.4 is 16.8 Å². The third-order valence-corrected chi connectivity index (χ3v) is 6.39. The first-order valence-corrected chi connectivity index (χ1v) is 13.6. The highest BCUT2D eigenvalue weighted by Crippen LogP contribution is 2.35. The van der Waals surface area contributed by atoms with E-state index in [0.29, 0.717) is 25.7 Å². The van der Waals surface area contributed by atoms with E-state index in [2.05, 4.69) is 47.4 Å². The molecule has 5 rings (SSSR count). The molecule has 5 N–H and O–H groups in total. The molecule has 5 heterocycles. The first-order chi connectivity index (χ1) is 19.9. The third kappa shape index (κ3) is 15.1. The molecule has 0 saturated carbocycles. The highest BCUT2D eigenvalue weighted by Gasteiger charge is 2.33. The normalized spacial score (nSPS) is 16.0. The van der Waals surface area contributed by atoms with Gasteiger partial charge in [-0.25, -0.2) is 13.9 Å². The van der Waals surface area contributed by atoms with Gasteiger partial charge >= 0.3 is 12.4 Å². The highest BCUT2D eigenvalue weighted by molar-refractivity contribution is 9.10. The number of hydrogen-bond donors (Lipinski definition) is 3. The second-order valence-corrected chi connectivity index (χ2v) is 9.98. The lowest BCUT2D eigenvalue weighted by Crippen LogP contribution is -2.18. The average molecular weight is 752 g/mol. The largest absolute Gasteiger partial charge is 0.417 e. The van der Waals surface area contributed by atoms with Crippen LogP contribution in [0.15, 0.2) is 35.1 Å². The standard InChI is InChI=1S/C6H4BrF3N2.C6H5F3N2.C4H4BrNO2.C4H5NO2.C4H8O/c7-4-2-12-5(11)1-3(4)6(8,9)10;7-6(8,9)4-1-2-11-5(10)3-4;5-6-3(7)1-2-4(6)8;6-3-1-2-4(7)5-3;1-2-4-5-3-1/h1-2H,(H2,11,12);1-3H,(H2,10,11);1-2H2;1-2H2,(H,5,6,7);1-4H2. The number of carbonyl (C=O) groups is 4. The Morgan fingerprint density at radius 2 is 1.33 bits per heavy atom. The molecule has 0 bridgehead atoms. The predicted octanol–water partition coefficient (Wildman–Crippen LogP) is 4.79. The zero-order valence-electron chi connectivity index (χ0n) is 22.1. The van der Waals surface area contributed by atoms with Crippen LogP contribution in [-0.2, 0) is 36.3 Å². The number of ether oxygens (including phenoxy) is 1. The number of alkyl halides is 6. The number of carbonyl (C=O) groups excluding carboxylic acids is 4. The van der Waals surface area contributed by atoms with Crippen LogP contribution in [0, 0.1) is 0 Å². The number of amides is 4. The molecule has 4 amide bonds. The molecular weight excluding hydrogens is 726 g/mol. The van der Waals surface area contributed by atoms with Gasteiger partial charge in [0.1, 0.15) is 11.6 Å². The van der Waals surface area contributed by atoms with Crippen molar-refractivity contribution < 1.29 is 50.3 Å². The number of anilines is 2. The molecule has 0 aliphatic carbocycles. The SMILES string of the molecule is C1CCOC1.Nc1cc(C(F)(F)F)c(Br)cn1.Nc1cc(C(F)(F)F)ccn1.O=C1CCC(=O)N1.O=C1CCC(=O)N1Br. The summed E-state index contributed by atoms with van der Waals surface area (Å²) in [5.41, 5.74) is 8.55. The van der Waals surface area contributed by atoms with Crippen LogP contribution in [0.1, 0.15) is 49.7 Å². The molecule has 2 aromatic heterocycles. The van der Waals surface area contributed by atoms with Gasteiger partial charge in [0, 0.05) is 55.8 Å². The maximum atomic E-state index is 12.1. The van der Waals surface area contributed by atoms with Gasteiger partial charge in [-0.15, -0.1) is 0 Å². The number of nitrogens with two attached hydrogens (primary N) is 2. The zero-order chi connectivity index (χ0) is 32.8. The van der Waals surface area contributed by atoms with Crippen molar-refractivity contribution in [3.05, 3.63) is 46.2 Å². The lowest BCUT2D eigenvalue weighted by molar-refractivity contribution is -0.138. The molecule has 0 spiro atoms. The van der Waals surface area contributed by atoms with E-state index in [0.717, 1.165) is 47.7 Å². The van der Waals surface area contributed by atoms with Gasteiger partial charge in [-0.3, -0.25) is 24.5 Å². The molecule has 0 atom stereocenters. The highest BCUT2D eigenvalue weighted by atomic mass is 79.9. The number of pyridine rings is 2. The van der Waals surface area contributed by atoms with Crippen LogP contribution in [0.4, 0.5) is 38.0 Å². The van der Waals surface area contributed by atoms with Crippen molar-refractivity contribution in [1.82, 2.24) is 19.2 Å². The van der Waals surface area contributed by atoms with E-state index >= 15 is 0 Å². The van der Waals surface area contributed by atoms with Crippen molar-refractivity contribution in [2.45, 2.75) is 50.9 Å². The summed E-state index contributed by atoms with van der Waals surface area (Å²) >= 11 is 5.53. The minimum Gasteiger partial charge on any atom is -0.384 e. The van der Waals surface area contributed by atoms with Gasteiger partial charge in [-0.05, 0) is 47.0 Å². The molecule has 43 heavy (non-hydrogen) atoms. The molecule has 0 radical (unpaired) electrons. The Balaban J connectivity index is 0.000000276. The summed E-state index contributed by atoms with van der Waals surface area (Å²) in [5.74, 6) is -0.856. The van der Waals surface area contributed by atoms with E-state index in [1.54, 1.807) is 0 Å². The van der Waals surface area contributed by atoms with Crippen LogP contribution in [0.5, 0.6) is 0 Å². The second kappa shape index (κ2) is 17.7. The van der Waals surface area contributed by atoms with E-state index in [1.165, 1.54) is 12.8 Å². The van der Waals surface area contributed by atoms with Crippen LogP contribution in [0.3, 0.4) is 0 Å². The minimum absolute atomic E-state index is 0.107. The molecule has 3 saturated heterocycles. The fourth-order valence-electron chi connectivity index (χ4n) is 2.86. The fraction of sp³-hybridized carbons (Fsp3) is 0.417. The van der Waals surface area contributed by atoms with Crippen LogP contribution in [-0.4, -0.2) is 50.7 Å². The fourth-order valence-corrected chi connectivity index (χ4v) is 3.66. The Morgan fingerprint density at radius 1 is 0.814 bits per heavy atom. The Labute approximate surface area is 258 Å². The minimum atomic E-state index is -4.39. The smallest absolute Gasteiger partial charge is 0.384 e. The van der Waals surface area contributed by atoms with Crippen molar-refractivity contribution in [1.29, 1.82) is 0 Å². The summed E-state index contributed by atoms with van der Waals surface area (Å²) in [4.78, 5) is 48.0. The van der Waals surface area contributed by atoms with Gasteiger partial charge in [0.2, 0.25) is 23.6 Å². The van der Waals surface area contributed by atoms with Gasteiger partial charge in [0.05, 0.1) is 27.3 Å². The Morgan fingerprint density at radius 3 is 1.60 bits per heavy atom. The van der Waals surface area contributed by atoms with Crippen LogP contribution in [0.25, 0.3) is 0 Å². The topological polar surface area (TPSA) is 171 Å². The van der Waals surface area contributed by atoms with Gasteiger partial charge in [-0.1, -0.05) is 0 Å². The monoisotopic (exact) mass is 750 g/mol. The second-order valence-electron chi connectivity index (χ2n) is 8.41. The van der Waals surface area contributed by atoms with Crippen LogP contribution >= 0.6 is 32.1 Å². The Bertz CT molecular complexity index is 1220. The quantitative estimate of drug-likeness (QED) is 0.195. The maximum Gasteiger partial charge on any atom is 0.417 e. The van der Waals surface area contributed by atoms with Crippen molar-refractivity contribution in [3.63, 3.8) is 0 Å². The lowest BCUT2D eigenvalue weighted by Gasteiger charge is -2.08. The van der Waals surface area contributed by atoms with Gasteiger partial charge in [0.25, 0.3) is 0 Å². The van der Waals surface area contributed by atoms with Gasteiger partial charge < -0.3 is 16.2 Å². The molecule has 19 heteroatoms. The first-order valence-electron chi connectivity index (χ1n) is 12.1. The van der Waals surface area contributed by atoms with E-state index in [1.807, 2.05) is 0 Å². The summed E-state index contributed by atoms with van der Waals surface area (Å²) in [6.07, 6.45) is -2.67. The average Bonchev–Trinajstić information content (AvgIpc) is 3.68. The lowest BCUT2D eigenvalue weighted by atomic mass is 10.2. The van der Waals surface area contributed by atoms with Crippen LogP contribution in [0.2, 0.25) is 0 Å². The van der Waals surface area contributed by atoms with E-state index in [-0.39, 0.29) is 39.7 Å². The molecule has 2 aromatic rings. The number of aromatic nitrogens is 2. The van der Waals surface area contributed by atoms with Crippen molar-refractivity contribution >= 4 is 67.3 Å². The maximum absolute atomic E-state index is 12.1. The number of nitrogens with zero attached hydrogens (tertiary/aromatic N) is 3.